The smallest absolute Gasteiger partial charge is 0.416 e. The number of phenolic OH excluding ortho intramolecular Hbond substituents is 1. The van der Waals surface area contributed by atoms with Crippen LogP contribution < -0.4 is 5.56 Å². The molecule has 2 aliphatic heterocycles. The van der Waals surface area contributed by atoms with Gasteiger partial charge >= 0.3 is 6.18 Å². The van der Waals surface area contributed by atoms with Crippen molar-refractivity contribution in [1.29, 1.82) is 0 Å². The van der Waals surface area contributed by atoms with Crippen molar-refractivity contribution in [3.8, 4) is 16.9 Å². The Bertz CT molecular complexity index is 880. The number of ether oxygens (including phenoxy) is 1. The molecule has 8 heteroatoms. The summed E-state index contributed by atoms with van der Waals surface area (Å²) in [5.41, 5.74) is -1.32. The molecule has 1 aliphatic carbocycles. The predicted octanol–water partition coefficient (Wildman–Crippen LogP) is 2.81. The Morgan fingerprint density at radius 2 is 2.08 bits per heavy atom. The third kappa shape index (κ3) is 2.70. The molecule has 0 atom stereocenters. The Morgan fingerprint density at radius 1 is 1.32 bits per heavy atom. The van der Waals surface area contributed by atoms with Crippen molar-refractivity contribution in [2.24, 2.45) is 5.41 Å². The molecule has 1 aromatic heterocycles. The van der Waals surface area contributed by atoms with Crippen molar-refractivity contribution < 1.29 is 23.0 Å². The standard InChI is InChI=1S/C17H15F3N2O3/c18-17(19,20)10-1-2-12(14(23)3-10)13-6-21-9-22(15(13)24)7-16-4-11(5-16)25-8-16/h1-3,6,9,11,23H,4-5,7-8H2. The Hall–Kier alpha value is -2.35. The molecule has 3 aliphatic rings. The maximum atomic E-state index is 12.7. The number of rotatable bonds is 3. The van der Waals surface area contributed by atoms with Crippen molar-refractivity contribution >= 4 is 0 Å². The van der Waals surface area contributed by atoms with Crippen LogP contribution >= 0.6 is 0 Å². The fourth-order valence-corrected chi connectivity index (χ4v) is 3.66. The molecule has 1 N–H and O–H groups in total. The minimum absolute atomic E-state index is 0.0338. The molecule has 25 heavy (non-hydrogen) atoms. The highest BCUT2D eigenvalue weighted by atomic mass is 19.4. The number of aromatic hydroxyl groups is 1. The summed E-state index contributed by atoms with van der Waals surface area (Å²) in [4.78, 5) is 16.7. The van der Waals surface area contributed by atoms with E-state index in [0.717, 1.165) is 25.0 Å². The molecule has 3 heterocycles. The number of aromatic nitrogens is 2. The van der Waals surface area contributed by atoms with Gasteiger partial charge in [0.2, 0.25) is 0 Å². The lowest BCUT2D eigenvalue weighted by Crippen LogP contribution is -2.39. The molecule has 2 saturated heterocycles. The Balaban J connectivity index is 1.69. The summed E-state index contributed by atoms with van der Waals surface area (Å²) in [5, 5.41) is 9.97. The molecule has 0 amide bonds. The van der Waals surface area contributed by atoms with Gasteiger partial charge in [-0.05, 0) is 31.0 Å². The molecule has 5 rings (SSSR count). The second-order valence-corrected chi connectivity index (χ2v) is 6.81. The van der Waals surface area contributed by atoms with Crippen LogP contribution in [-0.2, 0) is 17.5 Å². The topological polar surface area (TPSA) is 64.3 Å². The van der Waals surface area contributed by atoms with Gasteiger partial charge in [-0.1, -0.05) is 0 Å². The first-order valence-corrected chi connectivity index (χ1v) is 7.84. The van der Waals surface area contributed by atoms with Gasteiger partial charge in [-0.2, -0.15) is 13.2 Å². The van der Waals surface area contributed by atoms with Crippen LogP contribution in [0.4, 0.5) is 13.2 Å². The molecule has 3 fully saturated rings. The summed E-state index contributed by atoms with van der Waals surface area (Å²) >= 11 is 0. The van der Waals surface area contributed by atoms with E-state index in [9.17, 15) is 23.1 Å². The lowest BCUT2D eigenvalue weighted by molar-refractivity contribution is -0.137. The maximum absolute atomic E-state index is 12.7. The van der Waals surface area contributed by atoms with E-state index in [0.29, 0.717) is 19.2 Å². The molecule has 1 aromatic carbocycles. The third-order valence-corrected chi connectivity index (χ3v) is 4.97. The van der Waals surface area contributed by atoms with Gasteiger partial charge < -0.3 is 9.84 Å². The van der Waals surface area contributed by atoms with E-state index >= 15 is 0 Å². The van der Waals surface area contributed by atoms with E-state index in [1.165, 1.54) is 17.1 Å². The highest BCUT2D eigenvalue weighted by Gasteiger charge is 2.52. The molecule has 0 radical (unpaired) electrons. The van der Waals surface area contributed by atoms with Gasteiger partial charge in [0.05, 0.1) is 30.2 Å². The van der Waals surface area contributed by atoms with E-state index in [1.807, 2.05) is 0 Å². The molecule has 1 saturated carbocycles. The zero-order valence-corrected chi connectivity index (χ0v) is 13.1. The van der Waals surface area contributed by atoms with Crippen molar-refractivity contribution in [1.82, 2.24) is 9.55 Å². The Labute approximate surface area is 140 Å². The van der Waals surface area contributed by atoms with Crippen LogP contribution in [0.5, 0.6) is 5.75 Å². The van der Waals surface area contributed by atoms with Crippen LogP contribution in [-0.4, -0.2) is 27.4 Å². The van der Waals surface area contributed by atoms with Crippen molar-refractivity contribution in [3.05, 3.63) is 46.6 Å². The van der Waals surface area contributed by atoms with Gasteiger partial charge in [-0.25, -0.2) is 4.98 Å². The molecule has 132 valence electrons. The summed E-state index contributed by atoms with van der Waals surface area (Å²) in [6.07, 6.45) is 0.171. The SMILES string of the molecule is O=c1c(-c2ccc(C(F)(F)F)cc2O)cncn1CC12COC(C1)C2. The van der Waals surface area contributed by atoms with E-state index < -0.39 is 23.0 Å². The van der Waals surface area contributed by atoms with E-state index in [2.05, 4.69) is 4.98 Å². The predicted molar refractivity (Wildman–Crippen MR) is 82.0 cm³/mol. The fraction of sp³-hybridized carbons (Fsp3) is 0.412. The average molecular weight is 352 g/mol. The normalized spacial score (nSPS) is 25.0. The monoisotopic (exact) mass is 352 g/mol. The van der Waals surface area contributed by atoms with E-state index in [4.69, 9.17) is 4.74 Å². The Kier molecular flexibility index (Phi) is 3.44. The van der Waals surface area contributed by atoms with Crippen molar-refractivity contribution in [2.45, 2.75) is 31.7 Å². The molecular formula is C17H15F3N2O3. The van der Waals surface area contributed by atoms with Crippen LogP contribution in [0, 0.1) is 5.41 Å². The lowest BCUT2D eigenvalue weighted by atomic mass is 9.70. The van der Waals surface area contributed by atoms with Crippen LogP contribution in [0.3, 0.4) is 0 Å². The number of phenols is 1. The summed E-state index contributed by atoms with van der Waals surface area (Å²) in [5.74, 6) is -0.599. The Morgan fingerprint density at radius 3 is 2.68 bits per heavy atom. The van der Waals surface area contributed by atoms with Crippen LogP contribution in [0.2, 0.25) is 0 Å². The van der Waals surface area contributed by atoms with Crippen molar-refractivity contribution in [2.75, 3.05) is 6.61 Å². The maximum Gasteiger partial charge on any atom is 0.416 e. The first-order chi connectivity index (χ1) is 11.8. The molecule has 2 bridgehead atoms. The molecule has 5 nitrogen and oxygen atoms in total. The molecule has 0 unspecified atom stereocenters. The third-order valence-electron chi connectivity index (χ3n) is 4.97. The van der Waals surface area contributed by atoms with Gasteiger partial charge in [-0.15, -0.1) is 0 Å². The summed E-state index contributed by atoms with van der Waals surface area (Å²) in [7, 11) is 0. The van der Waals surface area contributed by atoms with Gasteiger partial charge in [0.25, 0.3) is 5.56 Å². The first kappa shape index (κ1) is 16.1. The van der Waals surface area contributed by atoms with Gasteiger partial charge in [-0.3, -0.25) is 9.36 Å². The van der Waals surface area contributed by atoms with Crippen LogP contribution in [0.25, 0.3) is 11.1 Å². The van der Waals surface area contributed by atoms with Crippen molar-refractivity contribution in [3.63, 3.8) is 0 Å². The lowest BCUT2D eigenvalue weighted by Gasteiger charge is -2.35. The number of alkyl halides is 3. The second-order valence-electron chi connectivity index (χ2n) is 6.81. The summed E-state index contributed by atoms with van der Waals surface area (Å²) in [6.45, 7) is 1.05. The molecular weight excluding hydrogens is 337 g/mol. The largest absolute Gasteiger partial charge is 0.507 e. The highest BCUT2D eigenvalue weighted by Crippen LogP contribution is 2.50. The quantitative estimate of drug-likeness (QED) is 0.923. The highest BCUT2D eigenvalue weighted by molar-refractivity contribution is 5.69. The number of halogens is 3. The summed E-state index contributed by atoms with van der Waals surface area (Å²) < 4.78 is 45.1. The van der Waals surface area contributed by atoms with E-state index in [1.54, 1.807) is 0 Å². The number of hydrogen-bond acceptors (Lipinski definition) is 4. The van der Waals surface area contributed by atoms with Crippen LogP contribution in [0.15, 0.2) is 35.5 Å². The zero-order valence-electron chi connectivity index (χ0n) is 13.1. The average Bonchev–Trinajstić information content (AvgIpc) is 3.09. The number of benzene rings is 1. The van der Waals surface area contributed by atoms with Gasteiger partial charge in [0, 0.05) is 23.7 Å². The van der Waals surface area contributed by atoms with Gasteiger partial charge in [0.15, 0.2) is 0 Å². The molecule has 0 spiro atoms. The number of fused-ring (bicyclic) bond motifs is 1. The second kappa shape index (κ2) is 5.32. The minimum Gasteiger partial charge on any atom is -0.507 e. The number of nitrogens with zero attached hydrogens (tertiary/aromatic N) is 2. The number of hydrogen-bond donors (Lipinski definition) is 1. The van der Waals surface area contributed by atoms with Crippen LogP contribution in [0.1, 0.15) is 18.4 Å². The fourth-order valence-electron chi connectivity index (χ4n) is 3.66. The zero-order chi connectivity index (χ0) is 17.8. The van der Waals surface area contributed by atoms with E-state index in [-0.39, 0.29) is 22.6 Å². The first-order valence-electron chi connectivity index (χ1n) is 7.84. The molecule has 2 aromatic rings. The van der Waals surface area contributed by atoms with Gasteiger partial charge in [0.1, 0.15) is 5.75 Å². The summed E-state index contributed by atoms with van der Waals surface area (Å²) in [6, 6.07) is 2.55. The minimum atomic E-state index is -4.56.